The maximum absolute atomic E-state index is 15.0. The molecule has 0 spiro atoms. The third kappa shape index (κ3) is 8.03. The van der Waals surface area contributed by atoms with Gasteiger partial charge < -0.3 is 9.84 Å². The Bertz CT molecular complexity index is 761. The van der Waals surface area contributed by atoms with Crippen molar-refractivity contribution in [2.45, 2.75) is 122 Å². The van der Waals surface area contributed by atoms with Crippen LogP contribution in [0.3, 0.4) is 0 Å². The van der Waals surface area contributed by atoms with Gasteiger partial charge in [-0.15, -0.1) is 6.58 Å². The van der Waals surface area contributed by atoms with Gasteiger partial charge in [-0.3, -0.25) is 0 Å². The summed E-state index contributed by atoms with van der Waals surface area (Å²) in [5.74, 6) is 0.275. The van der Waals surface area contributed by atoms with Crippen molar-refractivity contribution in [2.75, 3.05) is 6.61 Å². The van der Waals surface area contributed by atoms with E-state index in [0.29, 0.717) is 25.4 Å². The van der Waals surface area contributed by atoms with E-state index in [1.807, 2.05) is 6.08 Å². The van der Waals surface area contributed by atoms with Crippen LogP contribution in [-0.4, -0.2) is 11.7 Å². The Morgan fingerprint density at radius 2 is 1.60 bits per heavy atom. The smallest absolute Gasteiger partial charge is 0.200 e. The number of hydrogen-bond donors (Lipinski definition) is 1. The lowest BCUT2D eigenvalue weighted by molar-refractivity contribution is -0.0291. The van der Waals surface area contributed by atoms with Crippen molar-refractivity contribution >= 4 is 0 Å². The first kappa shape index (κ1) is 28.2. The lowest BCUT2D eigenvalue weighted by Gasteiger charge is -2.41. The van der Waals surface area contributed by atoms with E-state index in [0.717, 1.165) is 56.8 Å². The van der Waals surface area contributed by atoms with Crippen LogP contribution in [0.4, 0.5) is 8.78 Å². The highest BCUT2D eigenvalue weighted by atomic mass is 19.2. The first-order valence-corrected chi connectivity index (χ1v) is 14.4. The monoisotopic (exact) mass is 490 g/mol. The molecule has 4 heteroatoms. The van der Waals surface area contributed by atoms with E-state index in [4.69, 9.17) is 4.74 Å². The van der Waals surface area contributed by atoms with E-state index in [2.05, 4.69) is 13.5 Å². The van der Waals surface area contributed by atoms with E-state index < -0.39 is 17.2 Å². The van der Waals surface area contributed by atoms with Crippen LogP contribution in [0.2, 0.25) is 0 Å². The van der Waals surface area contributed by atoms with Gasteiger partial charge in [-0.1, -0.05) is 64.4 Å². The second kappa shape index (κ2) is 14.4. The maximum Gasteiger partial charge on any atom is 0.200 e. The third-order valence-electron chi connectivity index (χ3n) is 8.74. The van der Waals surface area contributed by atoms with Crippen molar-refractivity contribution in [1.29, 1.82) is 0 Å². The Labute approximate surface area is 212 Å². The average molecular weight is 491 g/mol. The van der Waals surface area contributed by atoms with Crippen molar-refractivity contribution in [3.63, 3.8) is 0 Å². The Kier molecular flexibility index (Phi) is 11.5. The normalized spacial score (nSPS) is 27.0. The Balaban J connectivity index is 1.46. The molecule has 1 aromatic carbocycles. The Morgan fingerprint density at radius 3 is 2.29 bits per heavy atom. The molecule has 0 heterocycles. The topological polar surface area (TPSA) is 29.5 Å². The molecular formula is C31H48F2O2. The van der Waals surface area contributed by atoms with Gasteiger partial charge in [0.1, 0.15) is 0 Å². The SMILES string of the molecule is C=CCCCCCCOc1ccc(C2(O)CCC(C3CCC(CCCCC)CC3)CC2)c(F)c1F. The molecule has 1 N–H and O–H groups in total. The van der Waals surface area contributed by atoms with E-state index in [1.165, 1.54) is 57.4 Å². The molecule has 0 bridgehead atoms. The zero-order valence-electron chi connectivity index (χ0n) is 22.0. The highest BCUT2D eigenvalue weighted by Gasteiger charge is 2.40. The zero-order valence-corrected chi connectivity index (χ0v) is 22.0. The van der Waals surface area contributed by atoms with E-state index >= 15 is 4.39 Å². The molecule has 35 heavy (non-hydrogen) atoms. The molecule has 2 fully saturated rings. The van der Waals surface area contributed by atoms with Gasteiger partial charge in [-0.25, -0.2) is 4.39 Å². The summed E-state index contributed by atoms with van der Waals surface area (Å²) in [6.45, 7) is 6.35. The van der Waals surface area contributed by atoms with E-state index in [9.17, 15) is 9.50 Å². The predicted molar refractivity (Wildman–Crippen MR) is 141 cm³/mol. The second-order valence-corrected chi connectivity index (χ2v) is 11.2. The van der Waals surface area contributed by atoms with Gasteiger partial charge >= 0.3 is 0 Å². The van der Waals surface area contributed by atoms with Crippen LogP contribution in [-0.2, 0) is 5.60 Å². The minimum Gasteiger partial charge on any atom is -0.490 e. The summed E-state index contributed by atoms with van der Waals surface area (Å²) in [5, 5.41) is 11.3. The standard InChI is InChI=1S/C31H48F2O2/c1-3-5-7-8-9-11-23-35-28-18-17-27(29(32)30(28)33)31(34)21-19-26(20-22-31)25-15-13-24(14-16-25)12-10-6-4-2/h3,17-18,24-26,34H,1,4-16,19-23H2,2H3. The first-order valence-electron chi connectivity index (χ1n) is 14.4. The number of aliphatic hydroxyl groups is 1. The van der Waals surface area contributed by atoms with E-state index in [1.54, 1.807) is 6.07 Å². The third-order valence-corrected chi connectivity index (χ3v) is 8.74. The lowest BCUT2D eigenvalue weighted by Crippen LogP contribution is -2.35. The maximum atomic E-state index is 15.0. The summed E-state index contributed by atoms with van der Waals surface area (Å²) in [7, 11) is 0. The van der Waals surface area contributed by atoms with Crippen molar-refractivity contribution in [1.82, 2.24) is 0 Å². The zero-order chi connectivity index (χ0) is 25.1. The van der Waals surface area contributed by atoms with Gasteiger partial charge in [-0.05, 0) is 87.7 Å². The van der Waals surface area contributed by atoms with Gasteiger partial charge in [-0.2, -0.15) is 4.39 Å². The molecule has 2 aliphatic rings. The highest BCUT2D eigenvalue weighted by Crippen LogP contribution is 2.47. The van der Waals surface area contributed by atoms with Crippen molar-refractivity contribution < 1.29 is 18.6 Å². The molecule has 0 aliphatic heterocycles. The van der Waals surface area contributed by atoms with Crippen molar-refractivity contribution in [3.8, 4) is 5.75 Å². The lowest BCUT2D eigenvalue weighted by atomic mass is 9.66. The molecule has 1 aromatic rings. The average Bonchev–Trinajstić information content (AvgIpc) is 2.87. The van der Waals surface area contributed by atoms with Crippen LogP contribution in [0, 0.1) is 29.4 Å². The number of unbranched alkanes of at least 4 members (excludes halogenated alkanes) is 6. The summed E-state index contributed by atoms with van der Waals surface area (Å²) < 4.78 is 35.3. The number of hydrogen-bond acceptors (Lipinski definition) is 2. The molecule has 0 radical (unpaired) electrons. The molecule has 0 amide bonds. The number of benzene rings is 1. The number of ether oxygens (including phenoxy) is 1. The Morgan fingerprint density at radius 1 is 0.914 bits per heavy atom. The second-order valence-electron chi connectivity index (χ2n) is 11.2. The molecule has 0 aromatic heterocycles. The van der Waals surface area contributed by atoms with Crippen molar-refractivity contribution in [2.24, 2.45) is 17.8 Å². The van der Waals surface area contributed by atoms with Crippen LogP contribution in [0.15, 0.2) is 24.8 Å². The van der Waals surface area contributed by atoms with Gasteiger partial charge in [0.25, 0.3) is 0 Å². The van der Waals surface area contributed by atoms with E-state index in [-0.39, 0.29) is 11.3 Å². The van der Waals surface area contributed by atoms with Crippen LogP contribution in [0.1, 0.15) is 122 Å². The molecule has 3 rings (SSSR count). The van der Waals surface area contributed by atoms with Gasteiger partial charge in [0.2, 0.25) is 5.82 Å². The molecule has 0 atom stereocenters. The highest BCUT2D eigenvalue weighted by molar-refractivity contribution is 5.34. The van der Waals surface area contributed by atoms with Gasteiger partial charge in [0, 0.05) is 5.56 Å². The first-order chi connectivity index (χ1) is 17.0. The van der Waals surface area contributed by atoms with Crippen LogP contribution >= 0.6 is 0 Å². The van der Waals surface area contributed by atoms with Gasteiger partial charge in [0.05, 0.1) is 12.2 Å². The fourth-order valence-corrected chi connectivity index (χ4v) is 6.42. The van der Waals surface area contributed by atoms with Crippen LogP contribution < -0.4 is 4.74 Å². The fraction of sp³-hybridized carbons (Fsp3) is 0.742. The molecular weight excluding hydrogens is 442 g/mol. The van der Waals surface area contributed by atoms with Crippen LogP contribution in [0.25, 0.3) is 0 Å². The summed E-state index contributed by atoms with van der Waals surface area (Å²) in [5.41, 5.74) is -1.17. The summed E-state index contributed by atoms with van der Waals surface area (Å²) in [4.78, 5) is 0. The number of allylic oxidation sites excluding steroid dienone is 1. The number of halogens is 2. The summed E-state index contributed by atoms with van der Waals surface area (Å²) >= 11 is 0. The molecule has 0 saturated heterocycles. The van der Waals surface area contributed by atoms with Crippen LogP contribution in [0.5, 0.6) is 5.75 Å². The summed E-state index contributed by atoms with van der Waals surface area (Å²) in [6.07, 6.45) is 20.4. The summed E-state index contributed by atoms with van der Waals surface area (Å²) in [6, 6.07) is 3.04. The van der Waals surface area contributed by atoms with Gasteiger partial charge in [0.15, 0.2) is 11.6 Å². The largest absolute Gasteiger partial charge is 0.490 e. The molecule has 2 aliphatic carbocycles. The minimum absolute atomic E-state index is 0.0506. The number of rotatable bonds is 14. The minimum atomic E-state index is -1.28. The Hall–Kier alpha value is -1.42. The quantitative estimate of drug-likeness (QED) is 0.208. The molecule has 2 saturated carbocycles. The van der Waals surface area contributed by atoms with Crippen molar-refractivity contribution in [3.05, 3.63) is 42.0 Å². The predicted octanol–water partition coefficient (Wildman–Crippen LogP) is 9.24. The molecule has 198 valence electrons. The molecule has 2 nitrogen and oxygen atoms in total. The fourth-order valence-electron chi connectivity index (χ4n) is 6.42. The molecule has 0 unspecified atom stereocenters.